The number of carbonyl (C=O) groups excluding carboxylic acids is 1. The molecule has 110 valence electrons. The van der Waals surface area contributed by atoms with Crippen LogP contribution in [0.4, 0.5) is 0 Å². The van der Waals surface area contributed by atoms with E-state index >= 15 is 0 Å². The van der Waals surface area contributed by atoms with Crippen LogP contribution in [0.5, 0.6) is 0 Å². The second kappa shape index (κ2) is 5.05. The number of hydrogen-bond acceptors (Lipinski definition) is 2. The maximum absolute atomic E-state index is 12.2. The Morgan fingerprint density at radius 3 is 2.35 bits per heavy atom. The van der Waals surface area contributed by atoms with Gasteiger partial charge in [0, 0.05) is 27.9 Å². The minimum absolute atomic E-state index is 0.00356. The summed E-state index contributed by atoms with van der Waals surface area (Å²) in [6, 6.07) is 7.60. The second-order valence-corrected chi connectivity index (χ2v) is 7.30. The summed E-state index contributed by atoms with van der Waals surface area (Å²) in [5.74, 6) is -0.00356. The summed E-state index contributed by atoms with van der Waals surface area (Å²) in [5, 5.41) is 3.76. The van der Waals surface area contributed by atoms with Crippen LogP contribution in [0, 0.1) is 10.8 Å². The van der Waals surface area contributed by atoms with E-state index in [1.54, 1.807) is 6.07 Å². The third-order valence-corrected chi connectivity index (χ3v) is 5.07. The highest BCUT2D eigenvalue weighted by Crippen LogP contribution is 2.52. The van der Waals surface area contributed by atoms with Crippen LogP contribution in [-0.2, 0) is 11.2 Å². The van der Waals surface area contributed by atoms with E-state index in [-0.39, 0.29) is 28.8 Å². The maximum atomic E-state index is 12.2. The molecule has 0 bridgehead atoms. The first-order valence-corrected chi connectivity index (χ1v) is 7.33. The van der Waals surface area contributed by atoms with Crippen molar-refractivity contribution in [2.24, 2.45) is 16.6 Å². The lowest BCUT2D eigenvalue weighted by atomic mass is 9.48. The average Bonchev–Trinajstić information content (AvgIpc) is 2.37. The van der Waals surface area contributed by atoms with Gasteiger partial charge in [0.1, 0.15) is 0 Å². The number of nitrogens with one attached hydrogen (secondary N) is 1. The Hall–Kier alpha value is -1.06. The van der Waals surface area contributed by atoms with Crippen molar-refractivity contribution in [1.29, 1.82) is 0 Å². The largest absolute Gasteiger partial charge is 0.352 e. The molecule has 0 spiro atoms. The van der Waals surface area contributed by atoms with Crippen molar-refractivity contribution in [2.45, 2.75) is 46.2 Å². The van der Waals surface area contributed by atoms with Crippen molar-refractivity contribution in [3.05, 3.63) is 34.9 Å². The van der Waals surface area contributed by atoms with Crippen LogP contribution in [0.1, 0.15) is 33.3 Å². The van der Waals surface area contributed by atoms with Crippen LogP contribution in [0.25, 0.3) is 0 Å². The number of hydrogen-bond donors (Lipinski definition) is 2. The smallest absolute Gasteiger partial charge is 0.224 e. The van der Waals surface area contributed by atoms with Gasteiger partial charge in [0.15, 0.2) is 0 Å². The third kappa shape index (κ3) is 2.45. The first kappa shape index (κ1) is 15.3. The van der Waals surface area contributed by atoms with Gasteiger partial charge in [-0.1, -0.05) is 57.5 Å². The fraction of sp³-hybridized carbons (Fsp3) is 0.562. The van der Waals surface area contributed by atoms with Crippen molar-refractivity contribution < 1.29 is 4.79 Å². The summed E-state index contributed by atoms with van der Waals surface area (Å²) >= 11 is 6.09. The molecule has 0 radical (unpaired) electrons. The summed E-state index contributed by atoms with van der Waals surface area (Å²) in [7, 11) is 0. The summed E-state index contributed by atoms with van der Waals surface area (Å²) in [5.41, 5.74) is 6.89. The molecular weight excluding hydrogens is 272 g/mol. The molecular formula is C16H23ClN2O. The van der Waals surface area contributed by atoms with Gasteiger partial charge in [0.25, 0.3) is 0 Å². The first-order valence-electron chi connectivity index (χ1n) is 6.95. The molecule has 0 heterocycles. The van der Waals surface area contributed by atoms with Crippen LogP contribution in [0.2, 0.25) is 5.02 Å². The van der Waals surface area contributed by atoms with E-state index in [1.165, 1.54) is 0 Å². The van der Waals surface area contributed by atoms with E-state index in [1.807, 2.05) is 18.2 Å². The third-order valence-electron chi connectivity index (χ3n) is 4.71. The van der Waals surface area contributed by atoms with Crippen LogP contribution in [0.15, 0.2) is 24.3 Å². The zero-order chi connectivity index (χ0) is 15.1. The molecule has 0 saturated heterocycles. The van der Waals surface area contributed by atoms with Crippen LogP contribution in [0.3, 0.4) is 0 Å². The quantitative estimate of drug-likeness (QED) is 0.900. The Bertz CT molecular complexity index is 509. The summed E-state index contributed by atoms with van der Waals surface area (Å²) in [4.78, 5) is 12.2. The normalized spacial score (nSPS) is 26.7. The van der Waals surface area contributed by atoms with Gasteiger partial charge in [0.05, 0.1) is 6.42 Å². The van der Waals surface area contributed by atoms with Gasteiger partial charge in [-0.2, -0.15) is 0 Å². The maximum Gasteiger partial charge on any atom is 0.224 e. The van der Waals surface area contributed by atoms with Gasteiger partial charge >= 0.3 is 0 Å². The summed E-state index contributed by atoms with van der Waals surface area (Å²) in [6.07, 6.45) is 0.303. The second-order valence-electron chi connectivity index (χ2n) is 6.89. The van der Waals surface area contributed by atoms with E-state index in [0.29, 0.717) is 11.4 Å². The van der Waals surface area contributed by atoms with Gasteiger partial charge in [-0.05, 0) is 11.6 Å². The molecule has 1 fully saturated rings. The van der Waals surface area contributed by atoms with Gasteiger partial charge in [-0.15, -0.1) is 0 Å². The molecule has 1 saturated carbocycles. The van der Waals surface area contributed by atoms with E-state index < -0.39 is 0 Å². The Labute approximate surface area is 125 Å². The zero-order valence-corrected chi connectivity index (χ0v) is 13.3. The molecule has 4 heteroatoms. The Balaban J connectivity index is 2.04. The molecule has 1 aliphatic carbocycles. The molecule has 3 nitrogen and oxygen atoms in total. The molecule has 0 aromatic heterocycles. The molecule has 1 aliphatic rings. The number of benzene rings is 1. The Morgan fingerprint density at radius 1 is 1.25 bits per heavy atom. The monoisotopic (exact) mass is 294 g/mol. The highest BCUT2D eigenvalue weighted by Gasteiger charge is 2.60. The van der Waals surface area contributed by atoms with E-state index in [2.05, 4.69) is 33.0 Å². The standard InChI is InChI=1S/C16H23ClN2O/c1-15(2)13(18)16(3,4)14(15)19-12(20)9-10-7-5-6-8-11(10)17/h5-8,13-14H,9,18H2,1-4H3,(H,19,20). The molecule has 0 atom stereocenters. The van der Waals surface area contributed by atoms with E-state index in [9.17, 15) is 4.79 Å². The fourth-order valence-electron chi connectivity index (χ4n) is 3.58. The van der Waals surface area contributed by atoms with Crippen molar-refractivity contribution in [1.82, 2.24) is 5.32 Å². The minimum Gasteiger partial charge on any atom is -0.352 e. The first-order chi connectivity index (χ1) is 9.17. The molecule has 2 rings (SSSR count). The molecule has 1 aromatic rings. The van der Waals surface area contributed by atoms with Crippen molar-refractivity contribution in [2.75, 3.05) is 0 Å². The van der Waals surface area contributed by atoms with Crippen molar-refractivity contribution in [3.63, 3.8) is 0 Å². The van der Waals surface area contributed by atoms with Gasteiger partial charge < -0.3 is 11.1 Å². The van der Waals surface area contributed by atoms with Gasteiger partial charge in [0.2, 0.25) is 5.91 Å². The zero-order valence-electron chi connectivity index (χ0n) is 12.5. The Morgan fingerprint density at radius 2 is 1.80 bits per heavy atom. The number of nitrogens with two attached hydrogens (primary N) is 1. The summed E-state index contributed by atoms with van der Waals surface area (Å²) < 4.78 is 0. The molecule has 1 aromatic carbocycles. The Kier molecular flexibility index (Phi) is 3.87. The number of carbonyl (C=O) groups is 1. The van der Waals surface area contributed by atoms with Crippen LogP contribution < -0.4 is 11.1 Å². The minimum atomic E-state index is -0.0837. The SMILES string of the molecule is CC1(C)C(N)C(C)(C)C1NC(=O)Cc1ccccc1Cl. The number of rotatable bonds is 3. The van der Waals surface area contributed by atoms with Crippen molar-refractivity contribution >= 4 is 17.5 Å². The number of amides is 1. The van der Waals surface area contributed by atoms with Crippen molar-refractivity contribution in [3.8, 4) is 0 Å². The lowest BCUT2D eigenvalue weighted by Gasteiger charge is -2.62. The molecule has 0 aliphatic heterocycles. The van der Waals surface area contributed by atoms with Gasteiger partial charge in [-0.25, -0.2) is 0 Å². The predicted octanol–water partition coefficient (Wildman–Crippen LogP) is 2.76. The van der Waals surface area contributed by atoms with Crippen LogP contribution in [-0.4, -0.2) is 18.0 Å². The molecule has 1 amide bonds. The molecule has 3 N–H and O–H groups in total. The topological polar surface area (TPSA) is 55.1 Å². The predicted molar refractivity (Wildman–Crippen MR) is 82.6 cm³/mol. The molecule has 0 unspecified atom stereocenters. The van der Waals surface area contributed by atoms with E-state index in [4.69, 9.17) is 17.3 Å². The number of halogens is 1. The van der Waals surface area contributed by atoms with Gasteiger partial charge in [-0.3, -0.25) is 4.79 Å². The lowest BCUT2D eigenvalue weighted by Crippen LogP contribution is -2.76. The fourth-order valence-corrected chi connectivity index (χ4v) is 3.78. The van der Waals surface area contributed by atoms with E-state index in [0.717, 1.165) is 5.56 Å². The average molecular weight is 295 g/mol. The summed E-state index contributed by atoms with van der Waals surface area (Å²) in [6.45, 7) is 8.40. The lowest BCUT2D eigenvalue weighted by molar-refractivity contribution is -0.131. The highest BCUT2D eigenvalue weighted by atomic mass is 35.5. The highest BCUT2D eigenvalue weighted by molar-refractivity contribution is 6.31. The molecule has 20 heavy (non-hydrogen) atoms. The van der Waals surface area contributed by atoms with Crippen LogP contribution >= 0.6 is 11.6 Å².